The minimum absolute atomic E-state index is 0.0174. The molecule has 0 atom stereocenters. The van der Waals surface area contributed by atoms with Crippen LogP contribution in [0.4, 0.5) is 10.8 Å². The van der Waals surface area contributed by atoms with Crippen LogP contribution in [0.5, 0.6) is 5.75 Å². The van der Waals surface area contributed by atoms with E-state index in [1.165, 1.54) is 11.3 Å². The third-order valence-electron chi connectivity index (χ3n) is 4.05. The van der Waals surface area contributed by atoms with Gasteiger partial charge in [0.2, 0.25) is 0 Å². The number of aromatic nitrogens is 1. The summed E-state index contributed by atoms with van der Waals surface area (Å²) in [7, 11) is 0. The van der Waals surface area contributed by atoms with Crippen LogP contribution in [-0.4, -0.2) is 24.2 Å². The van der Waals surface area contributed by atoms with Crippen molar-refractivity contribution in [2.75, 3.05) is 11.5 Å². The molecule has 3 aromatic rings. The first-order valence-corrected chi connectivity index (χ1v) is 9.32. The van der Waals surface area contributed by atoms with E-state index in [4.69, 9.17) is 10.00 Å². The fourth-order valence-corrected chi connectivity index (χ4v) is 3.50. The maximum absolute atomic E-state index is 11.2. The number of benzene rings is 2. The highest BCUT2D eigenvalue weighted by atomic mass is 32.1. The molecule has 0 N–H and O–H groups in total. The highest BCUT2D eigenvalue weighted by molar-refractivity contribution is 7.15. The Labute approximate surface area is 166 Å². The molecule has 1 heterocycles. The predicted octanol–water partition coefficient (Wildman–Crippen LogP) is 4.05. The Morgan fingerprint density at radius 3 is 2.43 bits per heavy atom. The Morgan fingerprint density at radius 2 is 1.86 bits per heavy atom. The maximum Gasteiger partial charge on any atom is 0.191 e. The lowest BCUT2D eigenvalue weighted by atomic mass is 10.1. The Kier molecular flexibility index (Phi) is 6.14. The highest BCUT2D eigenvalue weighted by Gasteiger charge is 2.17. The van der Waals surface area contributed by atoms with Gasteiger partial charge in [-0.1, -0.05) is 12.1 Å². The molecule has 0 aliphatic carbocycles. The van der Waals surface area contributed by atoms with Crippen molar-refractivity contribution in [2.45, 2.75) is 13.5 Å². The number of carbonyl (C=O) groups excluding carboxylic acids is 2. The smallest absolute Gasteiger partial charge is 0.191 e. The topological polar surface area (TPSA) is 83.3 Å². The molecule has 7 heteroatoms. The summed E-state index contributed by atoms with van der Waals surface area (Å²) in [5.74, 6) is 0.620. The van der Waals surface area contributed by atoms with Crippen molar-refractivity contribution < 1.29 is 14.3 Å². The molecule has 0 saturated heterocycles. The molecule has 140 valence electrons. The number of aryl methyl sites for hydroxylation is 1. The van der Waals surface area contributed by atoms with Gasteiger partial charge >= 0.3 is 0 Å². The molecule has 28 heavy (non-hydrogen) atoms. The number of ether oxygens (including phenoxy) is 1. The number of aldehydes is 2. The summed E-state index contributed by atoms with van der Waals surface area (Å²) in [6.07, 6.45) is 1.46. The van der Waals surface area contributed by atoms with Crippen molar-refractivity contribution in [1.29, 1.82) is 5.26 Å². The fourth-order valence-electron chi connectivity index (χ4n) is 2.61. The number of hydrogen-bond acceptors (Lipinski definition) is 7. The lowest BCUT2D eigenvalue weighted by Gasteiger charge is -2.22. The standard InChI is InChI=1S/C21H17N3O3S/c1-15-20(14-26)23-21(28-15)24(18-6-2-16(12-22)3-7-18)13-17-4-8-19(9-5-17)27-11-10-25/h2-10,14H,11,13H2,1H3. The Balaban J connectivity index is 1.92. The number of rotatable bonds is 8. The van der Waals surface area contributed by atoms with Crippen LogP contribution in [0.2, 0.25) is 0 Å². The molecule has 3 rings (SSSR count). The minimum atomic E-state index is 0.0174. The fraction of sp³-hybridized carbons (Fsp3) is 0.143. The van der Waals surface area contributed by atoms with Crippen LogP contribution in [0.25, 0.3) is 0 Å². The molecule has 1 aromatic heterocycles. The van der Waals surface area contributed by atoms with Gasteiger partial charge in [0, 0.05) is 10.6 Å². The quantitative estimate of drug-likeness (QED) is 0.539. The summed E-state index contributed by atoms with van der Waals surface area (Å²) < 4.78 is 5.28. The van der Waals surface area contributed by atoms with E-state index in [-0.39, 0.29) is 6.61 Å². The van der Waals surface area contributed by atoms with Crippen LogP contribution < -0.4 is 9.64 Å². The first-order chi connectivity index (χ1) is 13.6. The monoisotopic (exact) mass is 391 g/mol. The average molecular weight is 391 g/mol. The number of thiazole rings is 1. The zero-order valence-electron chi connectivity index (χ0n) is 15.2. The molecule has 0 bridgehead atoms. The lowest BCUT2D eigenvalue weighted by molar-refractivity contribution is -0.109. The third kappa shape index (κ3) is 4.42. The van der Waals surface area contributed by atoms with Crippen LogP contribution in [0, 0.1) is 18.3 Å². The second kappa shape index (κ2) is 8.93. The number of carbonyl (C=O) groups is 2. The molecule has 6 nitrogen and oxygen atoms in total. The predicted molar refractivity (Wildman–Crippen MR) is 107 cm³/mol. The molecule has 0 fully saturated rings. The zero-order valence-corrected chi connectivity index (χ0v) is 16.0. The molecule has 0 aliphatic rings. The van der Waals surface area contributed by atoms with Gasteiger partial charge in [0.05, 0.1) is 18.2 Å². The first kappa shape index (κ1) is 19.3. The maximum atomic E-state index is 11.2. The van der Waals surface area contributed by atoms with Gasteiger partial charge in [-0.15, -0.1) is 11.3 Å². The summed E-state index contributed by atoms with van der Waals surface area (Å²) in [6, 6.07) is 16.8. The average Bonchev–Trinajstić information content (AvgIpc) is 3.12. The van der Waals surface area contributed by atoms with E-state index < -0.39 is 0 Å². The summed E-state index contributed by atoms with van der Waals surface area (Å²) in [4.78, 5) is 28.9. The van der Waals surface area contributed by atoms with E-state index >= 15 is 0 Å². The molecule has 0 radical (unpaired) electrons. The van der Waals surface area contributed by atoms with E-state index in [9.17, 15) is 9.59 Å². The molecule has 0 aliphatic heterocycles. The Hall–Kier alpha value is -3.50. The highest BCUT2D eigenvalue weighted by Crippen LogP contribution is 2.33. The van der Waals surface area contributed by atoms with E-state index in [0.717, 1.165) is 22.4 Å². The normalized spacial score (nSPS) is 10.1. The largest absolute Gasteiger partial charge is 0.486 e. The van der Waals surface area contributed by atoms with Crippen LogP contribution in [-0.2, 0) is 11.3 Å². The van der Waals surface area contributed by atoms with Gasteiger partial charge in [0.1, 0.15) is 18.1 Å². The number of anilines is 2. The molecule has 0 amide bonds. The lowest BCUT2D eigenvalue weighted by Crippen LogP contribution is -2.16. The molecule has 0 unspecified atom stereocenters. The molecular formula is C21H17N3O3S. The van der Waals surface area contributed by atoms with Crippen LogP contribution >= 0.6 is 11.3 Å². The van der Waals surface area contributed by atoms with E-state index in [1.807, 2.05) is 36.1 Å². The number of hydrogen-bond donors (Lipinski definition) is 0. The number of nitriles is 1. The van der Waals surface area contributed by atoms with Crippen molar-refractivity contribution >= 4 is 34.7 Å². The summed E-state index contributed by atoms with van der Waals surface area (Å²) in [5.41, 5.74) is 2.87. The summed E-state index contributed by atoms with van der Waals surface area (Å²) in [5, 5.41) is 9.73. The molecule has 2 aromatic carbocycles. The SMILES string of the molecule is Cc1sc(N(Cc2ccc(OCC=O)cc2)c2ccc(C#N)cc2)nc1C=O. The van der Waals surface area contributed by atoms with Crippen molar-refractivity contribution in [3.8, 4) is 11.8 Å². The molecule has 0 spiro atoms. The van der Waals surface area contributed by atoms with Gasteiger partial charge in [-0.3, -0.25) is 9.59 Å². The Bertz CT molecular complexity index is 1000. The van der Waals surface area contributed by atoms with Crippen molar-refractivity contribution in [3.63, 3.8) is 0 Å². The Morgan fingerprint density at radius 1 is 1.14 bits per heavy atom. The summed E-state index contributed by atoms with van der Waals surface area (Å²) in [6.45, 7) is 2.40. The van der Waals surface area contributed by atoms with E-state index in [2.05, 4.69) is 11.1 Å². The van der Waals surface area contributed by atoms with Crippen LogP contribution in [0.15, 0.2) is 48.5 Å². The van der Waals surface area contributed by atoms with E-state index in [0.29, 0.717) is 35.0 Å². The molecular weight excluding hydrogens is 374 g/mol. The third-order valence-corrected chi connectivity index (χ3v) is 5.06. The van der Waals surface area contributed by atoms with Gasteiger partial charge in [-0.25, -0.2) is 4.98 Å². The van der Waals surface area contributed by atoms with Crippen molar-refractivity contribution in [3.05, 3.63) is 70.2 Å². The number of nitrogens with zero attached hydrogens (tertiary/aromatic N) is 3. The zero-order chi connectivity index (χ0) is 19.9. The van der Waals surface area contributed by atoms with Gasteiger partial charge in [-0.05, 0) is 48.9 Å². The van der Waals surface area contributed by atoms with Gasteiger partial charge < -0.3 is 9.64 Å². The minimum Gasteiger partial charge on any atom is -0.486 e. The van der Waals surface area contributed by atoms with Gasteiger partial charge in [0.15, 0.2) is 17.7 Å². The molecule has 0 saturated carbocycles. The second-order valence-corrected chi connectivity index (χ2v) is 7.10. The van der Waals surface area contributed by atoms with Crippen LogP contribution in [0.1, 0.15) is 26.5 Å². The van der Waals surface area contributed by atoms with Crippen molar-refractivity contribution in [1.82, 2.24) is 4.98 Å². The summed E-state index contributed by atoms with van der Waals surface area (Å²) >= 11 is 1.44. The van der Waals surface area contributed by atoms with Crippen molar-refractivity contribution in [2.24, 2.45) is 0 Å². The van der Waals surface area contributed by atoms with E-state index in [1.54, 1.807) is 24.3 Å². The second-order valence-electron chi connectivity index (χ2n) is 5.92. The van der Waals surface area contributed by atoms with Gasteiger partial charge in [-0.2, -0.15) is 5.26 Å². The van der Waals surface area contributed by atoms with Crippen LogP contribution in [0.3, 0.4) is 0 Å². The first-order valence-electron chi connectivity index (χ1n) is 8.50. The van der Waals surface area contributed by atoms with Gasteiger partial charge in [0.25, 0.3) is 0 Å².